The Morgan fingerprint density at radius 3 is 0.971 bits per heavy atom. The van der Waals surface area contributed by atoms with Crippen molar-refractivity contribution in [3.63, 3.8) is 0 Å². The molecule has 0 aromatic rings. The molecule has 35 heavy (non-hydrogen) atoms. The molecule has 0 heterocycles. The molecule has 0 aromatic heterocycles. The van der Waals surface area contributed by atoms with Crippen LogP contribution in [0.25, 0.3) is 0 Å². The first-order valence-electron chi connectivity index (χ1n) is 14.9. The van der Waals surface area contributed by atoms with Crippen molar-refractivity contribution in [3.8, 4) is 0 Å². The smallest absolute Gasteiger partial charge is 0.0431 e. The lowest BCUT2D eigenvalue weighted by atomic mass is 10.0. The highest BCUT2D eigenvalue weighted by molar-refractivity contribution is 5.01. The van der Waals surface area contributed by atoms with Crippen LogP contribution in [0.1, 0.15) is 135 Å². The second kappa shape index (κ2) is 32.4. The average Bonchev–Trinajstić information content (AvgIpc) is 2.87. The molecule has 0 aromatic carbocycles. The highest BCUT2D eigenvalue weighted by atomic mass is 16.2. The minimum absolute atomic E-state index is 0.362. The predicted octanol–water partition coefficient (Wildman–Crippen LogP) is 11.1. The SMILES string of the molecule is CCC=CCC=CCC=CCC=CCC=CCC=CCCCCCCCCCCCCCCCO. The molecule has 0 saturated carbocycles. The van der Waals surface area contributed by atoms with Crippen LogP contribution in [-0.2, 0) is 0 Å². The van der Waals surface area contributed by atoms with E-state index in [9.17, 15) is 0 Å². The number of rotatable bonds is 26. The molecule has 0 atom stereocenters. The summed E-state index contributed by atoms with van der Waals surface area (Å²) in [6.07, 6.45) is 52.2. The minimum atomic E-state index is 0.362. The molecule has 0 spiro atoms. The van der Waals surface area contributed by atoms with Crippen LogP contribution in [0.5, 0.6) is 0 Å². The Balaban J connectivity index is 3.33. The van der Waals surface area contributed by atoms with Crippen LogP contribution in [0.15, 0.2) is 72.9 Å². The molecule has 0 amide bonds. The van der Waals surface area contributed by atoms with Crippen LogP contribution in [0.3, 0.4) is 0 Å². The number of unbranched alkanes of at least 4 members (excludes halogenated alkanes) is 13. The predicted molar refractivity (Wildman–Crippen MR) is 160 cm³/mol. The van der Waals surface area contributed by atoms with Crippen molar-refractivity contribution < 1.29 is 5.11 Å². The molecule has 0 saturated heterocycles. The van der Waals surface area contributed by atoms with Gasteiger partial charge >= 0.3 is 0 Å². The van der Waals surface area contributed by atoms with Gasteiger partial charge in [0.15, 0.2) is 0 Å². The standard InChI is InChI=1S/C34H58O/c1-2-3-4-5-6-7-8-9-10-11-12-13-14-15-16-17-18-19-20-21-22-23-24-25-26-27-28-29-30-31-32-33-34-35/h3-4,6-7,9-10,12-13,15-16,18-19,35H,2,5,8,11,14,17,20-34H2,1H3. The summed E-state index contributed by atoms with van der Waals surface area (Å²) in [6.45, 7) is 2.53. The van der Waals surface area contributed by atoms with E-state index in [1.807, 2.05) is 0 Å². The van der Waals surface area contributed by atoms with Crippen LogP contribution >= 0.6 is 0 Å². The van der Waals surface area contributed by atoms with Gasteiger partial charge < -0.3 is 5.11 Å². The summed E-state index contributed by atoms with van der Waals surface area (Å²) in [5, 5.41) is 8.76. The van der Waals surface area contributed by atoms with E-state index in [1.54, 1.807) is 0 Å². The molecule has 0 fully saturated rings. The first kappa shape index (κ1) is 33.4. The Labute approximate surface area is 219 Å². The average molecular weight is 483 g/mol. The number of aliphatic hydroxyl groups excluding tert-OH is 1. The van der Waals surface area contributed by atoms with Crippen LogP contribution in [0.4, 0.5) is 0 Å². The number of hydrogen-bond donors (Lipinski definition) is 1. The summed E-state index contributed by atoms with van der Waals surface area (Å²) in [6, 6.07) is 0. The maximum atomic E-state index is 8.76. The van der Waals surface area contributed by atoms with Gasteiger partial charge in [-0.25, -0.2) is 0 Å². The molecule has 0 aliphatic carbocycles. The van der Waals surface area contributed by atoms with E-state index in [0.29, 0.717) is 6.61 Å². The van der Waals surface area contributed by atoms with Gasteiger partial charge in [0.2, 0.25) is 0 Å². The highest BCUT2D eigenvalue weighted by Gasteiger charge is 1.93. The van der Waals surface area contributed by atoms with Crippen LogP contribution < -0.4 is 0 Å². The van der Waals surface area contributed by atoms with E-state index in [-0.39, 0.29) is 0 Å². The fourth-order valence-corrected chi connectivity index (χ4v) is 3.96. The lowest BCUT2D eigenvalue weighted by Gasteiger charge is -2.02. The third-order valence-corrected chi connectivity index (χ3v) is 6.13. The van der Waals surface area contributed by atoms with Gasteiger partial charge in [-0.15, -0.1) is 0 Å². The monoisotopic (exact) mass is 482 g/mol. The Morgan fingerprint density at radius 1 is 0.343 bits per heavy atom. The van der Waals surface area contributed by atoms with E-state index in [0.717, 1.165) is 44.9 Å². The molecule has 1 heteroatoms. The van der Waals surface area contributed by atoms with Gasteiger partial charge in [-0.3, -0.25) is 0 Å². The van der Waals surface area contributed by atoms with Crippen molar-refractivity contribution in [3.05, 3.63) is 72.9 Å². The fourth-order valence-electron chi connectivity index (χ4n) is 3.96. The van der Waals surface area contributed by atoms with Crippen molar-refractivity contribution in [2.45, 2.75) is 135 Å². The molecule has 0 bridgehead atoms. The highest BCUT2D eigenvalue weighted by Crippen LogP contribution is 2.13. The van der Waals surface area contributed by atoms with Crippen molar-refractivity contribution in [2.75, 3.05) is 6.61 Å². The second-order valence-corrected chi connectivity index (χ2v) is 9.52. The van der Waals surface area contributed by atoms with E-state index < -0.39 is 0 Å². The molecule has 1 nitrogen and oxygen atoms in total. The molecule has 0 unspecified atom stereocenters. The van der Waals surface area contributed by atoms with Gasteiger partial charge in [-0.05, 0) is 57.8 Å². The summed E-state index contributed by atoms with van der Waals surface area (Å²) < 4.78 is 0. The van der Waals surface area contributed by atoms with Crippen LogP contribution in [-0.4, -0.2) is 11.7 Å². The molecule has 0 aliphatic heterocycles. The Hall–Kier alpha value is -1.60. The summed E-state index contributed by atoms with van der Waals surface area (Å²) >= 11 is 0. The summed E-state index contributed by atoms with van der Waals surface area (Å²) in [4.78, 5) is 0. The maximum absolute atomic E-state index is 8.76. The zero-order valence-electron chi connectivity index (χ0n) is 23.2. The van der Waals surface area contributed by atoms with E-state index in [1.165, 1.54) is 83.5 Å². The van der Waals surface area contributed by atoms with E-state index in [2.05, 4.69) is 79.8 Å². The number of aliphatic hydroxyl groups is 1. The summed E-state index contributed by atoms with van der Waals surface area (Å²) in [5.74, 6) is 0. The second-order valence-electron chi connectivity index (χ2n) is 9.52. The zero-order chi connectivity index (χ0) is 25.3. The first-order valence-corrected chi connectivity index (χ1v) is 14.9. The van der Waals surface area contributed by atoms with Crippen LogP contribution in [0, 0.1) is 0 Å². The molecule has 0 rings (SSSR count). The van der Waals surface area contributed by atoms with Crippen LogP contribution in [0.2, 0.25) is 0 Å². The third kappa shape index (κ3) is 32.4. The quantitative estimate of drug-likeness (QED) is 0.0959. The fraction of sp³-hybridized carbons (Fsp3) is 0.647. The Morgan fingerprint density at radius 2 is 0.629 bits per heavy atom. The van der Waals surface area contributed by atoms with E-state index >= 15 is 0 Å². The lowest BCUT2D eigenvalue weighted by molar-refractivity contribution is 0.282. The normalized spacial score (nSPS) is 12.9. The van der Waals surface area contributed by atoms with Crippen molar-refractivity contribution >= 4 is 0 Å². The van der Waals surface area contributed by atoms with Gasteiger partial charge in [0.05, 0.1) is 0 Å². The summed E-state index contributed by atoms with van der Waals surface area (Å²) in [7, 11) is 0. The van der Waals surface area contributed by atoms with Gasteiger partial charge in [-0.1, -0.05) is 150 Å². The molecule has 0 aliphatic rings. The van der Waals surface area contributed by atoms with Gasteiger partial charge in [0.1, 0.15) is 0 Å². The molecular formula is C34H58O. The van der Waals surface area contributed by atoms with Gasteiger partial charge in [0, 0.05) is 6.61 Å². The topological polar surface area (TPSA) is 20.2 Å². The lowest BCUT2D eigenvalue weighted by Crippen LogP contribution is -1.85. The maximum Gasteiger partial charge on any atom is 0.0431 e. The van der Waals surface area contributed by atoms with Crippen molar-refractivity contribution in [1.29, 1.82) is 0 Å². The minimum Gasteiger partial charge on any atom is -0.396 e. The number of hydrogen-bond acceptors (Lipinski definition) is 1. The first-order chi connectivity index (χ1) is 17.4. The number of allylic oxidation sites excluding steroid dienone is 12. The Kier molecular flexibility index (Phi) is 30.9. The van der Waals surface area contributed by atoms with E-state index in [4.69, 9.17) is 5.11 Å². The van der Waals surface area contributed by atoms with Crippen molar-refractivity contribution in [1.82, 2.24) is 0 Å². The van der Waals surface area contributed by atoms with Gasteiger partial charge in [-0.2, -0.15) is 0 Å². The van der Waals surface area contributed by atoms with Crippen molar-refractivity contribution in [2.24, 2.45) is 0 Å². The third-order valence-electron chi connectivity index (χ3n) is 6.13. The Bertz CT molecular complexity index is 561. The molecule has 0 radical (unpaired) electrons. The molecule has 200 valence electrons. The van der Waals surface area contributed by atoms with Gasteiger partial charge in [0.25, 0.3) is 0 Å². The largest absolute Gasteiger partial charge is 0.396 e. The summed E-state index contributed by atoms with van der Waals surface area (Å²) in [5.41, 5.74) is 0. The molecular weight excluding hydrogens is 424 g/mol. The molecule has 1 N–H and O–H groups in total. The zero-order valence-corrected chi connectivity index (χ0v) is 23.2.